The zero-order valence-electron chi connectivity index (χ0n) is 9.68. The molecule has 1 aromatic carbocycles. The summed E-state index contributed by atoms with van der Waals surface area (Å²) < 4.78 is 13.7. The molecule has 1 aromatic heterocycles. The van der Waals surface area contributed by atoms with Gasteiger partial charge in [0.15, 0.2) is 5.78 Å². The van der Waals surface area contributed by atoms with Gasteiger partial charge in [-0.25, -0.2) is 4.39 Å². The number of pyridine rings is 1. The molecule has 0 aliphatic heterocycles. The Morgan fingerprint density at radius 2 is 2.00 bits per heavy atom. The van der Waals surface area contributed by atoms with Crippen LogP contribution in [0.15, 0.2) is 42.7 Å². The predicted molar refractivity (Wildman–Crippen MR) is 68.3 cm³/mol. The first kappa shape index (κ1) is 13.2. The first-order valence-corrected chi connectivity index (χ1v) is 5.80. The topological polar surface area (TPSA) is 53.8 Å². The minimum Gasteiger partial charge on any atom is -0.292 e. The van der Waals surface area contributed by atoms with E-state index in [9.17, 15) is 9.18 Å². The van der Waals surface area contributed by atoms with Crippen molar-refractivity contribution in [2.45, 2.75) is 5.92 Å². The van der Waals surface area contributed by atoms with Gasteiger partial charge in [0, 0.05) is 12.4 Å². The van der Waals surface area contributed by atoms with Crippen LogP contribution in [0, 0.1) is 17.1 Å². The maximum Gasteiger partial charge on any atom is 0.188 e. The van der Waals surface area contributed by atoms with Crippen LogP contribution < -0.4 is 0 Å². The van der Waals surface area contributed by atoms with Crippen molar-refractivity contribution in [2.24, 2.45) is 0 Å². The molecule has 0 aliphatic rings. The fraction of sp³-hybridized carbons (Fsp3) is 0.0714. The normalized spacial score (nSPS) is 11.6. The number of halogens is 2. The molecule has 0 fully saturated rings. The largest absolute Gasteiger partial charge is 0.292 e. The minimum absolute atomic E-state index is 0.000642. The van der Waals surface area contributed by atoms with Gasteiger partial charge in [0.05, 0.1) is 16.7 Å². The van der Waals surface area contributed by atoms with Gasteiger partial charge < -0.3 is 0 Å². The van der Waals surface area contributed by atoms with Gasteiger partial charge in [-0.15, -0.1) is 0 Å². The van der Waals surface area contributed by atoms with Crippen LogP contribution >= 0.6 is 11.6 Å². The standard InChI is InChI=1S/C14H8ClFN2O/c15-11-2-1-3-12(16)13(11)14(19)10(8-17)9-4-6-18-7-5-9/h1-7,10H. The van der Waals surface area contributed by atoms with Crippen molar-refractivity contribution in [3.05, 3.63) is 64.7 Å². The Bertz CT molecular complexity index is 632. The number of benzene rings is 1. The summed E-state index contributed by atoms with van der Waals surface area (Å²) in [5.41, 5.74) is 0.203. The van der Waals surface area contributed by atoms with Gasteiger partial charge in [-0.2, -0.15) is 5.26 Å². The van der Waals surface area contributed by atoms with Crippen LogP contribution in [0.25, 0.3) is 0 Å². The van der Waals surface area contributed by atoms with Gasteiger partial charge in [-0.3, -0.25) is 9.78 Å². The van der Waals surface area contributed by atoms with Crippen molar-refractivity contribution in [3.63, 3.8) is 0 Å². The number of ketones is 1. The first-order valence-electron chi connectivity index (χ1n) is 5.43. The summed E-state index contributed by atoms with van der Waals surface area (Å²) in [6.45, 7) is 0. The Labute approximate surface area is 114 Å². The van der Waals surface area contributed by atoms with E-state index in [1.54, 1.807) is 12.1 Å². The van der Waals surface area contributed by atoms with Gasteiger partial charge in [-0.1, -0.05) is 17.7 Å². The molecule has 19 heavy (non-hydrogen) atoms. The van der Waals surface area contributed by atoms with Crippen molar-refractivity contribution >= 4 is 17.4 Å². The van der Waals surface area contributed by atoms with Crippen LogP contribution in [0.1, 0.15) is 21.8 Å². The third-order valence-corrected chi connectivity index (χ3v) is 2.95. The second-order valence-electron chi connectivity index (χ2n) is 3.80. The summed E-state index contributed by atoms with van der Waals surface area (Å²) in [4.78, 5) is 16.1. The number of hydrogen-bond donors (Lipinski definition) is 0. The van der Waals surface area contributed by atoms with E-state index in [-0.39, 0.29) is 10.6 Å². The molecule has 0 N–H and O–H groups in total. The molecule has 2 rings (SSSR count). The first-order chi connectivity index (χ1) is 9.15. The Morgan fingerprint density at radius 3 is 2.58 bits per heavy atom. The third-order valence-electron chi connectivity index (χ3n) is 2.64. The van der Waals surface area contributed by atoms with E-state index < -0.39 is 17.5 Å². The highest BCUT2D eigenvalue weighted by Crippen LogP contribution is 2.26. The Morgan fingerprint density at radius 1 is 1.32 bits per heavy atom. The number of nitriles is 1. The molecule has 5 heteroatoms. The highest BCUT2D eigenvalue weighted by Gasteiger charge is 2.26. The molecule has 0 radical (unpaired) electrons. The van der Waals surface area contributed by atoms with E-state index in [1.807, 2.05) is 6.07 Å². The highest BCUT2D eigenvalue weighted by atomic mass is 35.5. The van der Waals surface area contributed by atoms with E-state index in [0.29, 0.717) is 5.56 Å². The molecule has 94 valence electrons. The molecule has 0 amide bonds. The van der Waals surface area contributed by atoms with E-state index >= 15 is 0 Å². The van der Waals surface area contributed by atoms with Crippen molar-refractivity contribution in [1.29, 1.82) is 5.26 Å². The fourth-order valence-corrected chi connectivity index (χ4v) is 1.97. The third kappa shape index (κ3) is 2.61. The number of carbonyl (C=O) groups is 1. The van der Waals surface area contributed by atoms with E-state index in [4.69, 9.17) is 16.9 Å². The number of hydrogen-bond acceptors (Lipinski definition) is 3. The fourth-order valence-electron chi connectivity index (χ4n) is 1.72. The molecule has 1 unspecified atom stereocenters. The Balaban J connectivity index is 2.46. The number of carbonyl (C=O) groups excluding carboxylic acids is 1. The number of aromatic nitrogens is 1. The van der Waals surface area contributed by atoms with Crippen LogP contribution in [0.4, 0.5) is 4.39 Å². The molecule has 1 heterocycles. The molecule has 2 aromatic rings. The lowest BCUT2D eigenvalue weighted by atomic mass is 9.92. The zero-order chi connectivity index (χ0) is 13.8. The van der Waals surface area contributed by atoms with Gasteiger partial charge in [0.25, 0.3) is 0 Å². The summed E-state index contributed by atoms with van der Waals surface area (Å²) in [5.74, 6) is -2.49. The van der Waals surface area contributed by atoms with Crippen LogP contribution in [0.2, 0.25) is 5.02 Å². The van der Waals surface area contributed by atoms with Crippen molar-refractivity contribution < 1.29 is 9.18 Å². The highest BCUT2D eigenvalue weighted by molar-refractivity contribution is 6.34. The maximum absolute atomic E-state index is 13.7. The minimum atomic E-state index is -1.10. The second-order valence-corrected chi connectivity index (χ2v) is 4.21. The zero-order valence-corrected chi connectivity index (χ0v) is 10.4. The molecule has 1 atom stereocenters. The lowest BCUT2D eigenvalue weighted by Crippen LogP contribution is -2.13. The van der Waals surface area contributed by atoms with Gasteiger partial charge in [-0.05, 0) is 29.8 Å². The lowest BCUT2D eigenvalue weighted by Gasteiger charge is -2.10. The van der Waals surface area contributed by atoms with Crippen molar-refractivity contribution in [3.8, 4) is 6.07 Å². The van der Waals surface area contributed by atoms with Crippen molar-refractivity contribution in [2.75, 3.05) is 0 Å². The molecule has 0 saturated heterocycles. The molecule has 0 bridgehead atoms. The molecule has 0 spiro atoms. The molecular weight excluding hydrogens is 267 g/mol. The molecule has 0 saturated carbocycles. The molecular formula is C14H8ClFN2O. The summed E-state index contributed by atoms with van der Waals surface area (Å²) in [5, 5.41) is 9.14. The second kappa shape index (κ2) is 5.59. The van der Waals surface area contributed by atoms with E-state index in [1.165, 1.54) is 24.5 Å². The Kier molecular flexibility index (Phi) is 3.88. The summed E-state index contributed by atoms with van der Waals surface area (Å²) in [6.07, 6.45) is 2.94. The predicted octanol–water partition coefficient (Wildman–Crippen LogP) is 3.36. The van der Waals surface area contributed by atoms with Crippen LogP contribution in [-0.4, -0.2) is 10.8 Å². The van der Waals surface area contributed by atoms with Gasteiger partial charge in [0.2, 0.25) is 0 Å². The van der Waals surface area contributed by atoms with E-state index in [2.05, 4.69) is 4.98 Å². The molecule has 0 aliphatic carbocycles. The Hall–Kier alpha value is -2.25. The summed E-state index contributed by atoms with van der Waals surface area (Å²) >= 11 is 5.83. The quantitative estimate of drug-likeness (QED) is 0.807. The monoisotopic (exact) mass is 274 g/mol. The number of Topliss-reactive ketones (excluding diaryl/α,β-unsaturated/α-hetero) is 1. The van der Waals surface area contributed by atoms with Crippen LogP contribution in [0.5, 0.6) is 0 Å². The smallest absolute Gasteiger partial charge is 0.188 e. The van der Waals surface area contributed by atoms with E-state index in [0.717, 1.165) is 6.07 Å². The number of rotatable bonds is 3. The number of nitrogens with zero attached hydrogens (tertiary/aromatic N) is 2. The maximum atomic E-state index is 13.7. The SMILES string of the molecule is N#CC(C(=O)c1c(F)cccc1Cl)c1ccncc1. The average Bonchev–Trinajstić information content (AvgIpc) is 2.40. The summed E-state index contributed by atoms with van der Waals surface area (Å²) in [7, 11) is 0. The average molecular weight is 275 g/mol. The van der Waals surface area contributed by atoms with Crippen LogP contribution in [0.3, 0.4) is 0 Å². The molecule has 3 nitrogen and oxygen atoms in total. The van der Waals surface area contributed by atoms with Crippen molar-refractivity contribution in [1.82, 2.24) is 4.98 Å². The lowest BCUT2D eigenvalue weighted by molar-refractivity contribution is 0.0975. The van der Waals surface area contributed by atoms with Crippen LogP contribution in [-0.2, 0) is 0 Å². The van der Waals surface area contributed by atoms with Gasteiger partial charge in [0.1, 0.15) is 11.7 Å². The summed E-state index contributed by atoms with van der Waals surface area (Å²) in [6, 6.07) is 8.91. The van der Waals surface area contributed by atoms with Gasteiger partial charge >= 0.3 is 0 Å².